The summed E-state index contributed by atoms with van der Waals surface area (Å²) in [6, 6.07) is 29.7. The van der Waals surface area contributed by atoms with Gasteiger partial charge in [-0.2, -0.15) is 4.72 Å². The molecule has 5 unspecified atom stereocenters. The number of likely N-dealkylation sites (N-methyl/N-ethyl adjacent to an activating group) is 1. The van der Waals surface area contributed by atoms with E-state index in [1.807, 2.05) is 86.8 Å². The fourth-order valence-electron chi connectivity index (χ4n) is 5.93. The quantitative estimate of drug-likeness (QED) is 0.141. The van der Waals surface area contributed by atoms with Crippen molar-refractivity contribution >= 4 is 21.6 Å². The van der Waals surface area contributed by atoms with Crippen LogP contribution >= 0.6 is 0 Å². The first-order valence-corrected chi connectivity index (χ1v) is 17.9. The van der Waals surface area contributed by atoms with Crippen LogP contribution in [0.5, 0.6) is 0 Å². The summed E-state index contributed by atoms with van der Waals surface area (Å²) < 4.78 is 42.5. The number of hydrogen-bond acceptors (Lipinski definition) is 7. The van der Waals surface area contributed by atoms with Crippen LogP contribution in [0.3, 0.4) is 0 Å². The lowest BCUT2D eigenvalue weighted by atomic mass is 9.90. The van der Waals surface area contributed by atoms with Gasteiger partial charge in [0.25, 0.3) is 0 Å². The first-order chi connectivity index (χ1) is 23.6. The Morgan fingerprint density at radius 2 is 1.65 bits per heavy atom. The third-order valence-electron chi connectivity index (χ3n) is 8.71. The molecule has 0 saturated carbocycles. The molecule has 1 heterocycles. The van der Waals surface area contributed by atoms with E-state index in [1.54, 1.807) is 24.3 Å². The first-order valence-electron chi connectivity index (χ1n) is 16.4. The Balaban J connectivity index is 1.39. The summed E-state index contributed by atoms with van der Waals surface area (Å²) in [6.45, 7) is 9.16. The largest absolute Gasteiger partial charge is 0.392 e. The number of rotatable bonds is 14. The number of sulfonamides is 1. The SMILES string of the molecule is C=CCN(C)CC1OC(c2cccc(NC(=O)C(Cc3ccccc3)NS(=O)(=O)c3ccc(C)cc3)c2)OC(c2ccc(CO)cc2)C1C. The minimum atomic E-state index is -4.00. The number of ether oxygens (including phenoxy) is 2. The molecule has 3 N–H and O–H groups in total. The van der Waals surface area contributed by atoms with E-state index in [0.717, 1.165) is 22.3 Å². The van der Waals surface area contributed by atoms with Crippen molar-refractivity contribution < 1.29 is 27.8 Å². The molecule has 10 heteroatoms. The van der Waals surface area contributed by atoms with Gasteiger partial charge in [0.1, 0.15) is 6.04 Å². The first kappa shape index (κ1) is 36.1. The second kappa shape index (κ2) is 16.5. The zero-order chi connectivity index (χ0) is 35.0. The average molecular weight is 684 g/mol. The van der Waals surface area contributed by atoms with E-state index >= 15 is 0 Å². The van der Waals surface area contributed by atoms with Gasteiger partial charge in [-0.1, -0.05) is 97.4 Å². The Kier molecular flexibility index (Phi) is 12.2. The molecule has 1 aliphatic rings. The van der Waals surface area contributed by atoms with Crippen molar-refractivity contribution in [3.63, 3.8) is 0 Å². The molecule has 1 saturated heterocycles. The number of anilines is 1. The van der Waals surface area contributed by atoms with E-state index in [4.69, 9.17) is 9.47 Å². The van der Waals surface area contributed by atoms with Crippen LogP contribution in [-0.2, 0) is 37.3 Å². The summed E-state index contributed by atoms with van der Waals surface area (Å²) in [6.07, 6.45) is 0.790. The molecule has 1 aliphatic heterocycles. The minimum absolute atomic E-state index is 0.00618. The summed E-state index contributed by atoms with van der Waals surface area (Å²) in [5.41, 5.74) is 4.72. The van der Waals surface area contributed by atoms with Gasteiger partial charge >= 0.3 is 0 Å². The van der Waals surface area contributed by atoms with E-state index < -0.39 is 28.3 Å². The second-order valence-electron chi connectivity index (χ2n) is 12.6. The van der Waals surface area contributed by atoms with Gasteiger partial charge in [0, 0.05) is 30.3 Å². The van der Waals surface area contributed by atoms with E-state index in [1.165, 1.54) is 12.1 Å². The molecule has 1 amide bonds. The van der Waals surface area contributed by atoms with Crippen molar-refractivity contribution in [3.05, 3.63) is 144 Å². The van der Waals surface area contributed by atoms with Gasteiger partial charge in [-0.25, -0.2) is 8.42 Å². The van der Waals surface area contributed by atoms with Crippen LogP contribution in [-0.4, -0.2) is 56.6 Å². The van der Waals surface area contributed by atoms with Crippen LogP contribution in [0.25, 0.3) is 0 Å². The van der Waals surface area contributed by atoms with Crippen LogP contribution in [0.1, 0.15) is 47.1 Å². The Hall–Kier alpha value is -4.16. The van der Waals surface area contributed by atoms with Crippen molar-refractivity contribution in [1.29, 1.82) is 0 Å². The molecular weight excluding hydrogens is 639 g/mol. The second-order valence-corrected chi connectivity index (χ2v) is 14.3. The van der Waals surface area contributed by atoms with Crippen molar-refractivity contribution in [2.75, 3.05) is 25.5 Å². The zero-order valence-corrected chi connectivity index (χ0v) is 29.0. The topological polar surface area (TPSA) is 117 Å². The van der Waals surface area contributed by atoms with Crippen molar-refractivity contribution in [2.24, 2.45) is 5.92 Å². The molecule has 0 aliphatic carbocycles. The standard InChI is InChI=1S/C39H45N3O6S/c1-5-22-42(4)25-36-28(3)37(31-18-16-30(26-43)17-19-31)48-39(47-36)32-12-9-13-33(24-32)40-38(44)35(23-29-10-7-6-8-11-29)41-49(45,46)34-20-14-27(2)15-21-34/h5-21,24,28,35-37,39,41,43H,1,22-23,25-26H2,2-4H3,(H,40,44). The molecule has 0 aromatic heterocycles. The summed E-state index contributed by atoms with van der Waals surface area (Å²) in [4.78, 5) is 16.0. The summed E-state index contributed by atoms with van der Waals surface area (Å²) in [5.74, 6) is -0.492. The Morgan fingerprint density at radius 1 is 0.939 bits per heavy atom. The molecule has 4 aromatic carbocycles. The molecule has 5 rings (SSSR count). The number of nitrogens with one attached hydrogen (secondary N) is 2. The highest BCUT2D eigenvalue weighted by atomic mass is 32.2. The van der Waals surface area contributed by atoms with Gasteiger partial charge in [-0.05, 0) is 61.3 Å². The number of aryl methyl sites for hydroxylation is 1. The highest BCUT2D eigenvalue weighted by molar-refractivity contribution is 7.89. The summed E-state index contributed by atoms with van der Waals surface area (Å²) in [7, 11) is -1.98. The van der Waals surface area contributed by atoms with Crippen molar-refractivity contribution in [1.82, 2.24) is 9.62 Å². The van der Waals surface area contributed by atoms with Crippen LogP contribution in [0.2, 0.25) is 0 Å². The Morgan fingerprint density at radius 3 is 2.33 bits per heavy atom. The molecule has 5 atom stereocenters. The fraction of sp³-hybridized carbons (Fsp3) is 0.308. The third kappa shape index (κ3) is 9.51. The van der Waals surface area contributed by atoms with E-state index in [9.17, 15) is 18.3 Å². The highest BCUT2D eigenvalue weighted by Gasteiger charge is 2.39. The van der Waals surface area contributed by atoms with Crippen molar-refractivity contribution in [3.8, 4) is 0 Å². The number of aliphatic hydroxyl groups is 1. The lowest BCUT2D eigenvalue weighted by molar-refractivity contribution is -0.275. The fourth-order valence-corrected chi connectivity index (χ4v) is 7.13. The van der Waals surface area contributed by atoms with Gasteiger partial charge < -0.3 is 24.8 Å². The maximum Gasteiger partial charge on any atom is 0.242 e. The number of amides is 1. The van der Waals surface area contributed by atoms with E-state index in [2.05, 4.69) is 28.4 Å². The number of aliphatic hydroxyl groups excluding tert-OH is 1. The lowest BCUT2D eigenvalue weighted by Gasteiger charge is -2.42. The number of hydrogen-bond donors (Lipinski definition) is 3. The number of nitrogens with zero attached hydrogens (tertiary/aromatic N) is 1. The van der Waals surface area contributed by atoms with E-state index in [-0.39, 0.29) is 36.0 Å². The van der Waals surface area contributed by atoms with Gasteiger partial charge in [-0.15, -0.1) is 6.58 Å². The van der Waals surface area contributed by atoms with Gasteiger partial charge in [0.05, 0.1) is 23.7 Å². The monoisotopic (exact) mass is 683 g/mol. The molecule has 0 spiro atoms. The molecular formula is C39H45N3O6S. The maximum atomic E-state index is 13.8. The molecule has 9 nitrogen and oxygen atoms in total. The summed E-state index contributed by atoms with van der Waals surface area (Å²) in [5, 5.41) is 12.5. The average Bonchev–Trinajstić information content (AvgIpc) is 3.09. The van der Waals surface area contributed by atoms with Crippen molar-refractivity contribution in [2.45, 2.75) is 56.3 Å². The Bertz CT molecular complexity index is 1800. The zero-order valence-electron chi connectivity index (χ0n) is 28.2. The van der Waals surface area contributed by atoms with Crippen LogP contribution < -0.4 is 10.0 Å². The molecule has 258 valence electrons. The molecule has 0 bridgehead atoms. The van der Waals surface area contributed by atoms with E-state index in [0.29, 0.717) is 24.3 Å². The minimum Gasteiger partial charge on any atom is -0.392 e. The molecule has 49 heavy (non-hydrogen) atoms. The molecule has 4 aromatic rings. The third-order valence-corrected chi connectivity index (χ3v) is 10.2. The van der Waals surface area contributed by atoms with Gasteiger partial charge in [0.2, 0.25) is 15.9 Å². The number of benzene rings is 4. The number of carbonyl (C=O) groups is 1. The predicted octanol–water partition coefficient (Wildman–Crippen LogP) is 5.92. The van der Waals surface area contributed by atoms with Gasteiger partial charge in [-0.3, -0.25) is 4.79 Å². The highest BCUT2D eigenvalue weighted by Crippen LogP contribution is 2.42. The number of carbonyl (C=O) groups excluding carboxylic acids is 1. The van der Waals surface area contributed by atoms with Gasteiger partial charge in [0.15, 0.2) is 6.29 Å². The molecule has 1 fully saturated rings. The van der Waals surface area contributed by atoms with Crippen LogP contribution in [0, 0.1) is 12.8 Å². The maximum absolute atomic E-state index is 13.8. The summed E-state index contributed by atoms with van der Waals surface area (Å²) >= 11 is 0. The lowest BCUT2D eigenvalue weighted by Crippen LogP contribution is -2.45. The Labute approximate surface area is 289 Å². The normalized spacial score (nSPS) is 20.1. The molecule has 0 radical (unpaired) electrons. The van der Waals surface area contributed by atoms with Crippen LogP contribution in [0.15, 0.2) is 121 Å². The smallest absolute Gasteiger partial charge is 0.242 e. The predicted molar refractivity (Wildman–Crippen MR) is 191 cm³/mol. The van der Waals surface area contributed by atoms with Crippen LogP contribution in [0.4, 0.5) is 5.69 Å².